The standard InChI is InChI=1S/C32H50F2N6O3/c1-5-6-7-25-20-40(26(18-27(33)34)24-8-13-35-19-24)30(42)43-32(25)11-16-39(17-12-32)31(4)9-14-38(15-10-31)29(41)28-22(2)36-21-37-23(28)3/h21,24-27,35H,5-20H2,1-4H3/t24?,25?,26-/m0/s1. The van der Waals surface area contributed by atoms with Crippen LogP contribution in [0.3, 0.4) is 0 Å². The molecule has 4 aliphatic heterocycles. The van der Waals surface area contributed by atoms with Gasteiger partial charge in [0.2, 0.25) is 6.43 Å². The SMILES string of the molecule is CCCCC1CN([C@@H](CC(F)F)C2CCNC2)C(=O)OC12CCN(C1(C)CCN(C(=O)c3c(C)ncnc3C)CC1)CC2. The monoisotopic (exact) mass is 604 g/mol. The molecule has 5 rings (SSSR count). The number of aryl methyl sites for hydroxylation is 2. The largest absolute Gasteiger partial charge is 0.442 e. The molecule has 0 aliphatic carbocycles. The molecule has 0 bridgehead atoms. The quantitative estimate of drug-likeness (QED) is 0.433. The van der Waals surface area contributed by atoms with Gasteiger partial charge in [-0.1, -0.05) is 19.8 Å². The highest BCUT2D eigenvalue weighted by Crippen LogP contribution is 2.44. The van der Waals surface area contributed by atoms with Gasteiger partial charge in [-0.2, -0.15) is 0 Å². The maximum atomic E-state index is 13.7. The Morgan fingerprint density at radius 1 is 1.12 bits per heavy atom. The Bertz CT molecular complexity index is 1110. The number of piperidine rings is 2. The number of hydrogen-bond donors (Lipinski definition) is 1. The maximum Gasteiger partial charge on any atom is 0.410 e. The number of hydrogen-bond acceptors (Lipinski definition) is 7. The molecule has 2 unspecified atom stereocenters. The van der Waals surface area contributed by atoms with Crippen molar-refractivity contribution in [3.05, 3.63) is 23.3 Å². The third-order valence-electron chi connectivity index (χ3n) is 11.0. The van der Waals surface area contributed by atoms with Gasteiger partial charge in [-0.15, -0.1) is 0 Å². The number of carbonyl (C=O) groups is 2. The van der Waals surface area contributed by atoms with Crippen molar-refractivity contribution in [3.63, 3.8) is 0 Å². The molecule has 4 aliphatic rings. The molecule has 0 saturated carbocycles. The average Bonchev–Trinajstić information content (AvgIpc) is 3.51. The van der Waals surface area contributed by atoms with Crippen molar-refractivity contribution in [2.45, 2.75) is 109 Å². The fraction of sp³-hybridized carbons (Fsp3) is 0.812. The van der Waals surface area contributed by atoms with Crippen molar-refractivity contribution in [2.75, 3.05) is 45.8 Å². The molecule has 11 heteroatoms. The summed E-state index contributed by atoms with van der Waals surface area (Å²) < 4.78 is 33.7. The Kier molecular flexibility index (Phi) is 9.90. The predicted octanol–water partition coefficient (Wildman–Crippen LogP) is 4.81. The zero-order valence-electron chi connectivity index (χ0n) is 26.4. The average molecular weight is 605 g/mol. The second-order valence-corrected chi connectivity index (χ2v) is 13.6. The van der Waals surface area contributed by atoms with Crippen LogP contribution in [0, 0.1) is 25.7 Å². The third kappa shape index (κ3) is 6.67. The number of amides is 2. The summed E-state index contributed by atoms with van der Waals surface area (Å²) in [5, 5.41) is 3.29. The van der Waals surface area contributed by atoms with Gasteiger partial charge in [0.05, 0.1) is 17.0 Å². The zero-order valence-corrected chi connectivity index (χ0v) is 26.4. The van der Waals surface area contributed by atoms with E-state index in [1.807, 2.05) is 18.7 Å². The topological polar surface area (TPSA) is 90.9 Å². The molecule has 1 spiro atoms. The first-order valence-electron chi connectivity index (χ1n) is 16.4. The molecule has 4 fully saturated rings. The molecule has 1 aromatic heterocycles. The van der Waals surface area contributed by atoms with Gasteiger partial charge in [-0.05, 0) is 65.5 Å². The van der Waals surface area contributed by atoms with E-state index in [2.05, 4.69) is 34.0 Å². The number of alkyl halides is 2. The molecule has 1 aromatic rings. The van der Waals surface area contributed by atoms with Crippen molar-refractivity contribution >= 4 is 12.0 Å². The van der Waals surface area contributed by atoms with E-state index in [1.54, 1.807) is 4.90 Å². The normalized spacial score (nSPS) is 26.6. The molecule has 5 heterocycles. The van der Waals surface area contributed by atoms with Crippen molar-refractivity contribution in [1.82, 2.24) is 30.0 Å². The number of likely N-dealkylation sites (tertiary alicyclic amines) is 2. The van der Waals surface area contributed by atoms with Crippen LogP contribution in [-0.2, 0) is 4.74 Å². The number of nitrogens with one attached hydrogen (secondary N) is 1. The Labute approximate surface area is 255 Å². The number of nitrogens with zero attached hydrogens (tertiary/aromatic N) is 5. The Morgan fingerprint density at radius 2 is 1.79 bits per heavy atom. The molecule has 43 heavy (non-hydrogen) atoms. The number of unbranched alkanes of at least 4 members (excludes halogenated alkanes) is 1. The highest BCUT2D eigenvalue weighted by atomic mass is 19.3. The predicted molar refractivity (Wildman–Crippen MR) is 160 cm³/mol. The first-order chi connectivity index (χ1) is 20.6. The van der Waals surface area contributed by atoms with Gasteiger partial charge in [0.15, 0.2) is 0 Å². The fourth-order valence-electron chi connectivity index (χ4n) is 8.14. The van der Waals surface area contributed by atoms with Crippen LogP contribution in [-0.4, -0.2) is 106 Å². The molecular weight excluding hydrogens is 554 g/mol. The number of halogens is 2. The summed E-state index contributed by atoms with van der Waals surface area (Å²) >= 11 is 0. The second-order valence-electron chi connectivity index (χ2n) is 13.6. The Balaban J connectivity index is 1.24. The minimum atomic E-state index is -2.46. The highest BCUT2D eigenvalue weighted by molar-refractivity contribution is 5.96. The number of aromatic nitrogens is 2. The van der Waals surface area contributed by atoms with Crippen molar-refractivity contribution in [2.24, 2.45) is 11.8 Å². The summed E-state index contributed by atoms with van der Waals surface area (Å²) in [5.74, 6) is 0.170. The van der Waals surface area contributed by atoms with E-state index in [-0.39, 0.29) is 29.7 Å². The van der Waals surface area contributed by atoms with Crippen LogP contribution in [0.15, 0.2) is 6.33 Å². The molecule has 4 saturated heterocycles. The minimum Gasteiger partial charge on any atom is -0.442 e. The first kappa shape index (κ1) is 32.0. The molecular formula is C32H50F2N6O3. The van der Waals surface area contributed by atoms with E-state index >= 15 is 0 Å². The van der Waals surface area contributed by atoms with E-state index in [4.69, 9.17) is 4.74 Å². The van der Waals surface area contributed by atoms with Gasteiger partial charge in [-0.3, -0.25) is 9.69 Å². The number of carbonyl (C=O) groups excluding carboxylic acids is 2. The van der Waals surface area contributed by atoms with Gasteiger partial charge in [0.25, 0.3) is 5.91 Å². The van der Waals surface area contributed by atoms with Crippen LogP contribution in [0.4, 0.5) is 13.6 Å². The van der Waals surface area contributed by atoms with Crippen LogP contribution in [0.1, 0.15) is 93.4 Å². The lowest BCUT2D eigenvalue weighted by molar-refractivity contribution is -0.142. The summed E-state index contributed by atoms with van der Waals surface area (Å²) in [7, 11) is 0. The van der Waals surface area contributed by atoms with Crippen LogP contribution in [0.25, 0.3) is 0 Å². The van der Waals surface area contributed by atoms with Crippen molar-refractivity contribution in [1.29, 1.82) is 0 Å². The van der Waals surface area contributed by atoms with E-state index < -0.39 is 24.2 Å². The third-order valence-corrected chi connectivity index (χ3v) is 11.0. The van der Waals surface area contributed by atoms with Gasteiger partial charge in [0.1, 0.15) is 11.9 Å². The lowest BCUT2D eigenvalue weighted by Gasteiger charge is -2.55. The van der Waals surface area contributed by atoms with E-state index in [0.29, 0.717) is 43.1 Å². The minimum absolute atomic E-state index is 0.00576. The maximum absolute atomic E-state index is 13.7. The molecule has 240 valence electrons. The summed E-state index contributed by atoms with van der Waals surface area (Å²) in [6.45, 7) is 13.1. The molecule has 0 radical (unpaired) electrons. The lowest BCUT2D eigenvalue weighted by atomic mass is 9.73. The molecule has 3 atom stereocenters. The van der Waals surface area contributed by atoms with E-state index in [0.717, 1.165) is 71.0 Å². The zero-order chi connectivity index (χ0) is 30.8. The summed E-state index contributed by atoms with van der Waals surface area (Å²) in [6.07, 6.45) is 5.40. The van der Waals surface area contributed by atoms with Crippen LogP contribution in [0.5, 0.6) is 0 Å². The van der Waals surface area contributed by atoms with Gasteiger partial charge in [-0.25, -0.2) is 23.5 Å². The number of rotatable bonds is 9. The van der Waals surface area contributed by atoms with E-state index in [9.17, 15) is 18.4 Å². The van der Waals surface area contributed by atoms with Gasteiger partial charge in [0, 0.05) is 69.5 Å². The van der Waals surface area contributed by atoms with Gasteiger partial charge < -0.3 is 19.9 Å². The molecule has 0 aromatic carbocycles. The lowest BCUT2D eigenvalue weighted by Crippen LogP contribution is -2.65. The highest BCUT2D eigenvalue weighted by Gasteiger charge is 2.53. The van der Waals surface area contributed by atoms with Gasteiger partial charge >= 0.3 is 6.09 Å². The molecule has 1 N–H and O–H groups in total. The summed E-state index contributed by atoms with van der Waals surface area (Å²) in [4.78, 5) is 41.5. The van der Waals surface area contributed by atoms with Crippen LogP contribution in [0.2, 0.25) is 0 Å². The van der Waals surface area contributed by atoms with Crippen LogP contribution >= 0.6 is 0 Å². The smallest absolute Gasteiger partial charge is 0.410 e. The Morgan fingerprint density at radius 3 is 2.37 bits per heavy atom. The van der Waals surface area contributed by atoms with Crippen molar-refractivity contribution < 1.29 is 23.1 Å². The second kappa shape index (κ2) is 13.3. The summed E-state index contributed by atoms with van der Waals surface area (Å²) in [5.41, 5.74) is 1.45. The van der Waals surface area contributed by atoms with Crippen LogP contribution < -0.4 is 5.32 Å². The molecule has 9 nitrogen and oxygen atoms in total. The number of ether oxygens (including phenoxy) is 1. The Hall–Kier alpha value is -2.40. The fourth-order valence-corrected chi connectivity index (χ4v) is 8.14. The molecule has 2 amide bonds. The summed E-state index contributed by atoms with van der Waals surface area (Å²) in [6, 6.07) is -0.495. The van der Waals surface area contributed by atoms with Crippen molar-refractivity contribution in [3.8, 4) is 0 Å². The van der Waals surface area contributed by atoms with E-state index in [1.165, 1.54) is 6.33 Å². The first-order valence-corrected chi connectivity index (χ1v) is 16.4.